The summed E-state index contributed by atoms with van der Waals surface area (Å²) in [5.41, 5.74) is 3.86. The van der Waals surface area contributed by atoms with E-state index < -0.39 is 11.6 Å². The minimum absolute atomic E-state index is 0.158. The molecule has 1 fully saturated rings. The predicted molar refractivity (Wildman–Crippen MR) is 170 cm³/mol. The van der Waals surface area contributed by atoms with Gasteiger partial charge in [0.25, 0.3) is 0 Å². The molecule has 4 nitrogen and oxygen atoms in total. The van der Waals surface area contributed by atoms with E-state index in [0.717, 1.165) is 70.3 Å². The van der Waals surface area contributed by atoms with Gasteiger partial charge in [0.15, 0.2) is 0 Å². The summed E-state index contributed by atoms with van der Waals surface area (Å²) in [6, 6.07) is 26.3. The highest BCUT2D eigenvalue weighted by atomic mass is 35.5. The normalized spacial score (nSPS) is 15.3. The first-order valence-corrected chi connectivity index (χ1v) is 15.4. The second-order valence-electron chi connectivity index (χ2n) is 11.6. The molecule has 1 atom stereocenters. The van der Waals surface area contributed by atoms with Crippen LogP contribution in [0.3, 0.4) is 0 Å². The number of thioether (sulfide) groups is 1. The average Bonchev–Trinajstić information content (AvgIpc) is 3.71. The zero-order chi connectivity index (χ0) is 29.0. The number of pyridine rings is 1. The van der Waals surface area contributed by atoms with Gasteiger partial charge < -0.3 is 10.2 Å². The van der Waals surface area contributed by atoms with Crippen molar-refractivity contribution >= 4 is 52.4 Å². The Morgan fingerprint density at radius 1 is 1.05 bits per heavy atom. The van der Waals surface area contributed by atoms with Crippen molar-refractivity contribution in [1.82, 2.24) is 4.98 Å². The number of aliphatic hydroxyl groups is 1. The smallest absolute Gasteiger partial charge is 0.303 e. The average molecular weight is 586 g/mol. The monoisotopic (exact) mass is 585 g/mol. The number of fused-ring (bicyclic) bond motifs is 1. The molecule has 0 spiro atoms. The lowest BCUT2D eigenvalue weighted by Crippen LogP contribution is -2.23. The molecule has 0 saturated heterocycles. The highest BCUT2D eigenvalue weighted by Crippen LogP contribution is 2.58. The van der Waals surface area contributed by atoms with E-state index in [-0.39, 0.29) is 17.1 Å². The lowest BCUT2D eigenvalue weighted by molar-refractivity contribution is -0.138. The fraction of sp³-hybridized carbons (Fsp3) is 0.314. The van der Waals surface area contributed by atoms with E-state index in [0.29, 0.717) is 5.02 Å². The maximum absolute atomic E-state index is 11.8. The van der Waals surface area contributed by atoms with Gasteiger partial charge in [-0.05, 0) is 104 Å². The third kappa shape index (κ3) is 7.59. The summed E-state index contributed by atoms with van der Waals surface area (Å²) in [6.45, 7) is 3.65. The fourth-order valence-electron chi connectivity index (χ4n) is 5.61. The predicted octanol–water partition coefficient (Wildman–Crippen LogP) is 9.02. The second-order valence-corrected chi connectivity index (χ2v) is 13.3. The molecule has 1 aliphatic carbocycles. The third-order valence-electron chi connectivity index (χ3n) is 7.93. The van der Waals surface area contributed by atoms with Crippen LogP contribution in [0.2, 0.25) is 5.02 Å². The summed E-state index contributed by atoms with van der Waals surface area (Å²) in [5, 5.41) is 22.2. The maximum Gasteiger partial charge on any atom is 0.303 e. The SMILES string of the molecule is CC(C)(O)c1ccccc1CCC[C@@H](Sc1cccc(/C=C/c2ccc3ccc(Cl)cc3n2)c1)C1(CC(=O)O)CC1. The Hall–Kier alpha value is -3.12. The summed E-state index contributed by atoms with van der Waals surface area (Å²) in [5.74, 6) is -0.721. The quantitative estimate of drug-likeness (QED) is 0.162. The van der Waals surface area contributed by atoms with Crippen LogP contribution in [-0.2, 0) is 16.8 Å². The molecule has 1 aliphatic rings. The number of hydrogen-bond donors (Lipinski definition) is 2. The molecule has 41 heavy (non-hydrogen) atoms. The molecule has 0 aliphatic heterocycles. The summed E-state index contributed by atoms with van der Waals surface area (Å²) < 4.78 is 0. The number of carboxylic acids is 1. The Labute approximate surface area is 251 Å². The van der Waals surface area contributed by atoms with Crippen molar-refractivity contribution in [3.05, 3.63) is 106 Å². The molecule has 4 aromatic rings. The summed E-state index contributed by atoms with van der Waals surface area (Å²) in [6.07, 6.45) is 8.90. The van der Waals surface area contributed by atoms with Crippen LogP contribution < -0.4 is 0 Å². The largest absolute Gasteiger partial charge is 0.481 e. The summed E-state index contributed by atoms with van der Waals surface area (Å²) >= 11 is 7.96. The van der Waals surface area contributed by atoms with Gasteiger partial charge in [0.2, 0.25) is 0 Å². The molecule has 2 N–H and O–H groups in total. The van der Waals surface area contributed by atoms with Gasteiger partial charge in [-0.2, -0.15) is 0 Å². The van der Waals surface area contributed by atoms with Gasteiger partial charge in [0, 0.05) is 20.6 Å². The van der Waals surface area contributed by atoms with Gasteiger partial charge in [-0.25, -0.2) is 4.98 Å². The van der Waals surface area contributed by atoms with Crippen LogP contribution in [0.4, 0.5) is 0 Å². The lowest BCUT2D eigenvalue weighted by atomic mass is 9.89. The van der Waals surface area contributed by atoms with E-state index in [1.54, 1.807) is 0 Å². The first-order chi connectivity index (χ1) is 19.6. The number of benzene rings is 3. The second kappa shape index (κ2) is 12.4. The zero-order valence-electron chi connectivity index (χ0n) is 23.5. The third-order valence-corrected chi connectivity index (χ3v) is 9.71. The molecular weight excluding hydrogens is 550 g/mol. The van der Waals surface area contributed by atoms with E-state index in [4.69, 9.17) is 16.6 Å². The maximum atomic E-state index is 11.8. The Bertz CT molecular complexity index is 1570. The minimum atomic E-state index is -0.894. The van der Waals surface area contributed by atoms with Crippen LogP contribution in [0.5, 0.6) is 0 Å². The Morgan fingerprint density at radius 2 is 1.83 bits per heavy atom. The molecule has 1 aromatic heterocycles. The van der Waals surface area contributed by atoms with Gasteiger partial charge in [0.1, 0.15) is 0 Å². The van der Waals surface area contributed by atoms with E-state index in [2.05, 4.69) is 36.4 Å². The number of rotatable bonds is 12. The summed E-state index contributed by atoms with van der Waals surface area (Å²) in [7, 11) is 0. The van der Waals surface area contributed by atoms with Crippen LogP contribution >= 0.6 is 23.4 Å². The molecule has 3 aromatic carbocycles. The number of aryl methyl sites for hydroxylation is 1. The van der Waals surface area contributed by atoms with Gasteiger partial charge in [0.05, 0.1) is 23.2 Å². The number of nitrogens with zero attached hydrogens (tertiary/aromatic N) is 1. The molecule has 212 valence electrons. The van der Waals surface area contributed by atoms with Crippen molar-refractivity contribution in [2.75, 3.05) is 0 Å². The van der Waals surface area contributed by atoms with E-state index in [1.807, 2.05) is 80.2 Å². The topological polar surface area (TPSA) is 70.4 Å². The number of aliphatic carboxylic acids is 1. The summed E-state index contributed by atoms with van der Waals surface area (Å²) in [4.78, 5) is 17.6. The number of carboxylic acid groups (broad SMARTS) is 1. The van der Waals surface area contributed by atoms with Crippen LogP contribution in [-0.4, -0.2) is 26.4 Å². The zero-order valence-corrected chi connectivity index (χ0v) is 25.1. The molecule has 0 unspecified atom stereocenters. The van der Waals surface area contributed by atoms with E-state index >= 15 is 0 Å². The number of aromatic nitrogens is 1. The van der Waals surface area contributed by atoms with Crippen molar-refractivity contribution < 1.29 is 15.0 Å². The first kappa shape index (κ1) is 29.4. The van der Waals surface area contributed by atoms with Crippen molar-refractivity contribution in [3.63, 3.8) is 0 Å². The van der Waals surface area contributed by atoms with Crippen molar-refractivity contribution in [2.45, 2.75) is 68.1 Å². The van der Waals surface area contributed by atoms with Gasteiger partial charge in [-0.3, -0.25) is 4.79 Å². The van der Waals surface area contributed by atoms with Crippen LogP contribution in [0, 0.1) is 5.41 Å². The first-order valence-electron chi connectivity index (χ1n) is 14.2. The van der Waals surface area contributed by atoms with Crippen LogP contribution in [0.1, 0.15) is 68.3 Å². The van der Waals surface area contributed by atoms with E-state index in [1.165, 1.54) is 0 Å². The minimum Gasteiger partial charge on any atom is -0.481 e. The Balaban J connectivity index is 1.31. The van der Waals surface area contributed by atoms with Gasteiger partial charge in [-0.15, -0.1) is 11.8 Å². The fourth-order valence-corrected chi connectivity index (χ4v) is 7.32. The number of hydrogen-bond acceptors (Lipinski definition) is 4. The highest BCUT2D eigenvalue weighted by molar-refractivity contribution is 8.00. The van der Waals surface area contributed by atoms with Crippen LogP contribution in [0.15, 0.2) is 83.8 Å². The molecule has 1 saturated carbocycles. The lowest BCUT2D eigenvalue weighted by Gasteiger charge is -2.26. The van der Waals surface area contributed by atoms with Crippen molar-refractivity contribution in [2.24, 2.45) is 5.41 Å². The van der Waals surface area contributed by atoms with Crippen molar-refractivity contribution in [3.8, 4) is 0 Å². The Morgan fingerprint density at radius 3 is 2.59 bits per heavy atom. The van der Waals surface area contributed by atoms with E-state index in [9.17, 15) is 15.0 Å². The molecule has 0 bridgehead atoms. The van der Waals surface area contributed by atoms with Gasteiger partial charge in [-0.1, -0.05) is 66.2 Å². The Kier molecular flexibility index (Phi) is 8.88. The molecular formula is C35H36ClNO3S. The van der Waals surface area contributed by atoms with Crippen LogP contribution in [0.25, 0.3) is 23.1 Å². The highest BCUT2D eigenvalue weighted by Gasteiger charge is 2.50. The number of halogens is 1. The molecule has 5 rings (SSSR count). The van der Waals surface area contributed by atoms with Crippen molar-refractivity contribution in [1.29, 1.82) is 0 Å². The molecule has 6 heteroatoms. The molecule has 0 amide bonds. The molecule has 0 radical (unpaired) electrons. The molecule has 1 heterocycles. The van der Waals surface area contributed by atoms with Gasteiger partial charge >= 0.3 is 5.97 Å². The standard InChI is InChI=1S/C35H36ClNO3S/c1-34(2,40)30-11-4-3-8-25(30)9-6-12-32(35(19-20-35)23-33(38)39)41-29-10-5-7-24(21-29)13-17-28-18-15-26-14-16-27(36)22-31(26)37-28/h3-5,7-8,10-11,13-18,21-22,32,40H,6,9,12,19-20,23H2,1-2H3,(H,38,39)/b17-13+/t32-/m1/s1. The number of carbonyl (C=O) groups is 1.